The number of ketones is 1. The second-order valence-corrected chi connectivity index (χ2v) is 15.1. The van der Waals surface area contributed by atoms with Crippen LogP contribution in [0.1, 0.15) is 99.8 Å². The Morgan fingerprint density at radius 1 is 0.830 bits per heavy atom. The van der Waals surface area contributed by atoms with Gasteiger partial charge in [0, 0.05) is 39.7 Å². The lowest BCUT2D eigenvalue weighted by molar-refractivity contribution is -0.297. The predicted molar refractivity (Wildman–Crippen MR) is 164 cm³/mol. The molecule has 4 aliphatic carbocycles. The fraction of sp³-hybridized carbons (Fsp3) is 0.800. The molecule has 5 rings (SSSR count). The quantitative estimate of drug-likeness (QED) is 0.181. The highest BCUT2D eigenvalue weighted by molar-refractivity contribution is 5.96. The molecule has 1 N–H and O–H groups in total. The molecule has 5 aliphatic rings. The van der Waals surface area contributed by atoms with Crippen LogP contribution >= 0.6 is 0 Å². The number of carbonyl (C=O) groups excluding carboxylic acids is 5. The highest BCUT2D eigenvalue weighted by Crippen LogP contribution is 2.68. The van der Waals surface area contributed by atoms with Gasteiger partial charge in [-0.15, -0.1) is 0 Å². The van der Waals surface area contributed by atoms with Crippen LogP contribution in [0.15, 0.2) is 11.8 Å². The first-order chi connectivity index (χ1) is 22.0. The van der Waals surface area contributed by atoms with Gasteiger partial charge in [-0.1, -0.05) is 13.8 Å². The molecule has 262 valence electrons. The zero-order chi connectivity index (χ0) is 34.5. The smallest absolute Gasteiger partial charge is 0.303 e. The van der Waals surface area contributed by atoms with Crippen molar-refractivity contribution in [3.8, 4) is 0 Å². The number of rotatable bonds is 7. The lowest BCUT2D eigenvalue weighted by Crippen LogP contribution is -2.62. The summed E-state index contributed by atoms with van der Waals surface area (Å²) < 4.78 is 33.8. The first kappa shape index (κ1) is 35.3. The molecule has 0 radical (unpaired) electrons. The normalized spacial score (nSPS) is 43.5. The molecule has 0 spiro atoms. The Morgan fingerprint density at radius 2 is 1.45 bits per heavy atom. The largest absolute Gasteiger partial charge is 0.468 e. The summed E-state index contributed by atoms with van der Waals surface area (Å²) in [5.41, 5.74) is -0.447. The average Bonchev–Trinajstić information content (AvgIpc) is 3.21. The van der Waals surface area contributed by atoms with E-state index in [0.29, 0.717) is 36.2 Å². The Morgan fingerprint density at radius 3 is 2.09 bits per heavy atom. The first-order valence-corrected chi connectivity index (χ1v) is 16.9. The minimum atomic E-state index is -1.39. The fourth-order valence-electron chi connectivity index (χ4n) is 9.81. The van der Waals surface area contributed by atoms with Crippen LogP contribution in [0.5, 0.6) is 0 Å². The van der Waals surface area contributed by atoms with E-state index in [1.165, 1.54) is 13.2 Å². The van der Waals surface area contributed by atoms with Crippen LogP contribution in [0, 0.1) is 34.5 Å². The number of allylic oxidation sites excluding steroid dienone is 1. The zero-order valence-electron chi connectivity index (χ0n) is 28.6. The van der Waals surface area contributed by atoms with Gasteiger partial charge in [-0.3, -0.25) is 24.0 Å². The number of hydrogen-bond acceptors (Lipinski definition) is 12. The van der Waals surface area contributed by atoms with Gasteiger partial charge in [0.1, 0.15) is 12.7 Å². The van der Waals surface area contributed by atoms with Crippen molar-refractivity contribution in [3.63, 3.8) is 0 Å². The molecule has 0 aromatic carbocycles. The summed E-state index contributed by atoms with van der Waals surface area (Å²) in [6, 6.07) is 0. The number of ether oxygens (including phenoxy) is 6. The maximum atomic E-state index is 13.5. The van der Waals surface area contributed by atoms with E-state index in [1.807, 2.05) is 6.92 Å². The molecule has 12 atom stereocenters. The summed E-state index contributed by atoms with van der Waals surface area (Å²) in [4.78, 5) is 61.6. The van der Waals surface area contributed by atoms with E-state index in [0.717, 1.165) is 59.3 Å². The van der Waals surface area contributed by atoms with Crippen molar-refractivity contribution in [2.45, 2.75) is 136 Å². The summed E-state index contributed by atoms with van der Waals surface area (Å²) >= 11 is 0. The highest BCUT2D eigenvalue weighted by Gasteiger charge is 2.63. The maximum absolute atomic E-state index is 13.5. The zero-order valence-corrected chi connectivity index (χ0v) is 28.6. The summed E-state index contributed by atoms with van der Waals surface area (Å²) in [5, 5.41) is 11.3. The Balaban J connectivity index is 1.42. The van der Waals surface area contributed by atoms with E-state index in [9.17, 15) is 29.1 Å². The van der Waals surface area contributed by atoms with Crippen LogP contribution in [-0.4, -0.2) is 77.7 Å². The van der Waals surface area contributed by atoms with E-state index < -0.39 is 60.2 Å². The van der Waals surface area contributed by atoms with Crippen molar-refractivity contribution in [1.29, 1.82) is 0 Å². The van der Waals surface area contributed by atoms with Gasteiger partial charge in [0.05, 0.1) is 11.9 Å². The first-order valence-electron chi connectivity index (χ1n) is 16.9. The SMILES string of the molecule is CC(=O)OC[C@@H]1O[C@H](O/C=C2/C[C@@]3(C)[C@H](CC[C@H]4[C@H]3CC[C@@]3(C)[C@@H]4CC[C@]3(C)O)CC2=O)[C@@H](OC(C)=O)[C@H](OC(C)=O)[C@H]1OC(C)=O. The number of esters is 4. The van der Waals surface area contributed by atoms with Gasteiger partial charge in [-0.25, -0.2) is 0 Å². The number of fused-ring (bicyclic) bond motifs is 5. The van der Waals surface area contributed by atoms with Gasteiger partial charge in [-0.05, 0) is 86.4 Å². The van der Waals surface area contributed by atoms with Crippen molar-refractivity contribution >= 4 is 29.7 Å². The Bertz CT molecular complexity index is 1310. The molecule has 5 fully saturated rings. The lowest BCUT2D eigenvalue weighted by Gasteiger charge is -2.61. The molecular weight excluding hydrogens is 612 g/mol. The summed E-state index contributed by atoms with van der Waals surface area (Å²) in [6.07, 6.45) is 1.48. The number of hydrogen-bond donors (Lipinski definition) is 1. The van der Waals surface area contributed by atoms with Crippen molar-refractivity contribution in [3.05, 3.63) is 11.8 Å². The van der Waals surface area contributed by atoms with Gasteiger partial charge in [0.2, 0.25) is 12.4 Å². The topological polar surface area (TPSA) is 161 Å². The number of Topliss-reactive ketones (excluding diaryl/α,β-unsaturated/α-hetero) is 1. The minimum absolute atomic E-state index is 0.0268. The van der Waals surface area contributed by atoms with Crippen molar-refractivity contribution < 1.29 is 57.5 Å². The van der Waals surface area contributed by atoms with E-state index in [4.69, 9.17) is 28.4 Å². The van der Waals surface area contributed by atoms with Gasteiger partial charge >= 0.3 is 23.9 Å². The summed E-state index contributed by atoms with van der Waals surface area (Å²) in [5.74, 6) is -1.29. The molecule has 0 amide bonds. The Labute approximate surface area is 276 Å². The van der Waals surface area contributed by atoms with Crippen molar-refractivity contribution in [2.24, 2.45) is 34.5 Å². The van der Waals surface area contributed by atoms with Crippen molar-refractivity contribution in [1.82, 2.24) is 0 Å². The van der Waals surface area contributed by atoms with E-state index >= 15 is 0 Å². The van der Waals surface area contributed by atoms with Crippen LogP contribution < -0.4 is 0 Å². The van der Waals surface area contributed by atoms with Gasteiger partial charge in [-0.2, -0.15) is 0 Å². The fourth-order valence-corrected chi connectivity index (χ4v) is 9.81. The molecular formula is C35H50O12. The van der Waals surface area contributed by atoms with Crippen LogP contribution in [0.4, 0.5) is 0 Å². The summed E-state index contributed by atoms with van der Waals surface area (Å²) in [7, 11) is 0. The van der Waals surface area contributed by atoms with E-state index in [1.54, 1.807) is 0 Å². The average molecular weight is 663 g/mol. The Hall–Kier alpha value is -2.99. The van der Waals surface area contributed by atoms with Gasteiger partial charge in [0.15, 0.2) is 18.0 Å². The maximum Gasteiger partial charge on any atom is 0.303 e. The number of aliphatic hydroxyl groups is 1. The minimum Gasteiger partial charge on any atom is -0.468 e. The molecule has 0 bridgehead atoms. The third kappa shape index (κ3) is 6.69. The molecule has 1 saturated heterocycles. The third-order valence-electron chi connectivity index (χ3n) is 12.3. The molecule has 0 aromatic rings. The van der Waals surface area contributed by atoms with Crippen LogP contribution in [-0.2, 0) is 52.4 Å². The standard InChI is InChI=1S/C35H50O12/c1-18(36)42-17-28-29(44-19(2)37)30(45-20(3)38)31(46-21(4)39)32(47-28)43-16-22-15-33(5)23(14-27(22)40)8-9-24-25(33)10-12-34(6)26(24)11-13-35(34,7)41/h16,23-26,28-32,41H,8-15,17H2,1-7H3/b22-16-/t23-,24+,25-,26-,28+,29+,30-,31+,32+,33+,34+,35+/m1/s1. The highest BCUT2D eigenvalue weighted by atomic mass is 16.7. The second-order valence-electron chi connectivity index (χ2n) is 15.1. The van der Waals surface area contributed by atoms with Gasteiger partial charge < -0.3 is 33.5 Å². The second kappa shape index (κ2) is 13.1. The molecule has 12 nitrogen and oxygen atoms in total. The van der Waals surface area contributed by atoms with Gasteiger partial charge in [0.25, 0.3) is 0 Å². The Kier molecular flexibility index (Phi) is 9.87. The molecule has 1 heterocycles. The molecule has 12 heteroatoms. The van der Waals surface area contributed by atoms with Crippen LogP contribution in [0.2, 0.25) is 0 Å². The molecule has 4 saturated carbocycles. The molecule has 0 unspecified atom stereocenters. The molecule has 1 aliphatic heterocycles. The van der Waals surface area contributed by atoms with E-state index in [-0.39, 0.29) is 29.1 Å². The summed E-state index contributed by atoms with van der Waals surface area (Å²) in [6.45, 7) is 10.8. The van der Waals surface area contributed by atoms with Crippen LogP contribution in [0.3, 0.4) is 0 Å². The van der Waals surface area contributed by atoms with E-state index in [2.05, 4.69) is 13.8 Å². The monoisotopic (exact) mass is 662 g/mol. The third-order valence-corrected chi connectivity index (χ3v) is 12.3. The van der Waals surface area contributed by atoms with Crippen LogP contribution in [0.25, 0.3) is 0 Å². The number of carbonyl (C=O) groups is 5. The predicted octanol–water partition coefficient (Wildman–Crippen LogP) is 3.94. The lowest BCUT2D eigenvalue weighted by atomic mass is 9.44. The molecule has 0 aromatic heterocycles. The van der Waals surface area contributed by atoms with Crippen molar-refractivity contribution in [2.75, 3.05) is 6.61 Å². The molecule has 47 heavy (non-hydrogen) atoms.